The molecule has 31 heavy (non-hydrogen) atoms. The highest BCUT2D eigenvalue weighted by Crippen LogP contribution is 2.22. The molecule has 1 aliphatic rings. The number of rotatable bonds is 6. The van der Waals surface area contributed by atoms with E-state index >= 15 is 0 Å². The van der Waals surface area contributed by atoms with Crippen molar-refractivity contribution in [1.29, 1.82) is 0 Å². The first kappa shape index (κ1) is 21.8. The third-order valence-electron chi connectivity index (χ3n) is 5.36. The quantitative estimate of drug-likeness (QED) is 0.523. The van der Waals surface area contributed by atoms with Crippen LogP contribution in [-0.2, 0) is 16.7 Å². The third kappa shape index (κ3) is 4.77. The maximum atomic E-state index is 13.0. The Balaban J connectivity index is 1.40. The molecule has 1 aliphatic heterocycles. The lowest BCUT2D eigenvalue weighted by atomic mass is 10.0. The van der Waals surface area contributed by atoms with Crippen molar-refractivity contribution in [2.75, 3.05) is 26.2 Å². The van der Waals surface area contributed by atoms with Crippen LogP contribution in [0.3, 0.4) is 0 Å². The predicted molar refractivity (Wildman–Crippen MR) is 119 cm³/mol. The van der Waals surface area contributed by atoms with Gasteiger partial charge in [-0.15, -0.1) is 5.10 Å². The van der Waals surface area contributed by atoms with Crippen molar-refractivity contribution >= 4 is 22.2 Å². The van der Waals surface area contributed by atoms with Crippen molar-refractivity contribution in [1.82, 2.24) is 24.0 Å². The summed E-state index contributed by atoms with van der Waals surface area (Å²) in [6.45, 7) is 6.61. The molecule has 0 saturated carbocycles. The molecule has 2 aromatic heterocycles. The fourth-order valence-electron chi connectivity index (χ4n) is 3.48. The van der Waals surface area contributed by atoms with Gasteiger partial charge in [-0.1, -0.05) is 26.0 Å². The van der Waals surface area contributed by atoms with Gasteiger partial charge in [-0.3, -0.25) is 9.88 Å². The van der Waals surface area contributed by atoms with Crippen molar-refractivity contribution in [2.24, 2.45) is 0 Å². The molecule has 4 rings (SSSR count). The average Bonchev–Trinajstić information content (AvgIpc) is 3.15. The lowest BCUT2D eigenvalue weighted by Gasteiger charge is -2.33. The molecule has 0 spiro atoms. The standard InChI is InChI=1S/C21H25N5O3S2/c1-16(2)17-5-7-19(8-6-17)31(27,28)25-12-10-24(11-13-25)15-26-21(30)29-20(23-26)18-4-3-9-22-14-18/h3-9,14,16H,10-13,15H2,1-2H3. The molecule has 0 aliphatic carbocycles. The normalized spacial score (nSPS) is 16.1. The minimum atomic E-state index is -3.50. The largest absolute Gasteiger partial charge is 0.409 e. The van der Waals surface area contributed by atoms with Crippen LogP contribution in [0.4, 0.5) is 0 Å². The van der Waals surface area contributed by atoms with Crippen molar-refractivity contribution in [3.8, 4) is 11.5 Å². The summed E-state index contributed by atoms with van der Waals surface area (Å²) in [5.41, 5.74) is 1.88. The van der Waals surface area contributed by atoms with Crippen LogP contribution >= 0.6 is 12.2 Å². The number of benzene rings is 1. The van der Waals surface area contributed by atoms with Crippen LogP contribution in [0.15, 0.2) is 58.1 Å². The van der Waals surface area contributed by atoms with E-state index in [1.807, 2.05) is 24.3 Å². The van der Waals surface area contributed by atoms with Gasteiger partial charge < -0.3 is 4.42 Å². The Morgan fingerprint density at radius 2 is 1.81 bits per heavy atom. The van der Waals surface area contributed by atoms with Gasteiger partial charge in [0.05, 0.1) is 17.1 Å². The minimum Gasteiger partial charge on any atom is -0.409 e. The van der Waals surface area contributed by atoms with Gasteiger partial charge >= 0.3 is 0 Å². The zero-order valence-corrected chi connectivity index (χ0v) is 19.1. The summed E-state index contributed by atoms with van der Waals surface area (Å²) in [5.74, 6) is 0.784. The number of hydrogen-bond donors (Lipinski definition) is 0. The highest BCUT2D eigenvalue weighted by Gasteiger charge is 2.29. The van der Waals surface area contributed by atoms with E-state index in [9.17, 15) is 8.42 Å². The maximum absolute atomic E-state index is 13.0. The molecule has 1 aromatic carbocycles. The number of pyridine rings is 1. The molecular formula is C21H25N5O3S2. The molecule has 0 bridgehead atoms. The van der Waals surface area contributed by atoms with E-state index in [1.165, 1.54) is 4.31 Å². The number of piperazine rings is 1. The monoisotopic (exact) mass is 459 g/mol. The number of hydrogen-bond acceptors (Lipinski definition) is 7. The molecule has 1 saturated heterocycles. The van der Waals surface area contributed by atoms with Crippen molar-refractivity contribution < 1.29 is 12.8 Å². The SMILES string of the molecule is CC(C)c1ccc(S(=O)(=O)N2CCN(Cn3nc(-c4cccnc4)oc3=S)CC2)cc1. The minimum absolute atomic E-state index is 0.277. The Hall–Kier alpha value is -2.40. The number of sulfonamides is 1. The van der Waals surface area contributed by atoms with E-state index in [2.05, 4.69) is 28.8 Å². The third-order valence-corrected chi connectivity index (χ3v) is 7.57. The molecular weight excluding hydrogens is 434 g/mol. The van der Waals surface area contributed by atoms with Gasteiger partial charge in [-0.05, 0) is 48.0 Å². The molecule has 0 unspecified atom stereocenters. The summed E-state index contributed by atoms with van der Waals surface area (Å²) in [4.78, 5) is 6.79. The second-order valence-corrected chi connectivity index (χ2v) is 10.1. The second kappa shape index (κ2) is 8.99. The first-order valence-electron chi connectivity index (χ1n) is 10.2. The molecule has 10 heteroatoms. The Kier molecular flexibility index (Phi) is 6.33. The molecule has 3 heterocycles. The van der Waals surface area contributed by atoms with Gasteiger partial charge in [0.15, 0.2) is 0 Å². The Morgan fingerprint density at radius 1 is 1.10 bits per heavy atom. The molecule has 164 valence electrons. The summed E-state index contributed by atoms with van der Waals surface area (Å²) in [6, 6.07) is 10.8. The van der Waals surface area contributed by atoms with E-state index in [-0.39, 0.29) is 4.84 Å². The van der Waals surface area contributed by atoms with Crippen molar-refractivity contribution in [3.05, 3.63) is 59.2 Å². The van der Waals surface area contributed by atoms with Gasteiger partial charge in [0.25, 0.3) is 4.84 Å². The number of nitrogens with zero attached hydrogens (tertiary/aromatic N) is 5. The van der Waals surface area contributed by atoms with Crippen LogP contribution in [0.5, 0.6) is 0 Å². The van der Waals surface area contributed by atoms with E-state index in [0.717, 1.165) is 11.1 Å². The Labute approximate surface area is 187 Å². The van der Waals surface area contributed by atoms with Crippen LogP contribution < -0.4 is 0 Å². The smallest absolute Gasteiger partial charge is 0.288 e. The molecule has 0 N–H and O–H groups in total. The molecule has 8 nitrogen and oxygen atoms in total. The lowest BCUT2D eigenvalue weighted by molar-refractivity contribution is 0.143. The van der Waals surface area contributed by atoms with Gasteiger partial charge in [0.1, 0.15) is 0 Å². The van der Waals surface area contributed by atoms with Crippen molar-refractivity contribution in [3.63, 3.8) is 0 Å². The Morgan fingerprint density at radius 3 is 2.42 bits per heavy atom. The van der Waals surface area contributed by atoms with Crippen molar-refractivity contribution in [2.45, 2.75) is 31.3 Å². The fraction of sp³-hybridized carbons (Fsp3) is 0.381. The highest BCUT2D eigenvalue weighted by atomic mass is 32.2. The van der Waals surface area contributed by atoms with E-state index in [0.29, 0.717) is 49.6 Å². The van der Waals surface area contributed by atoms with Gasteiger partial charge in [-0.25, -0.2) is 13.1 Å². The number of aromatic nitrogens is 3. The molecule has 0 radical (unpaired) electrons. The summed E-state index contributed by atoms with van der Waals surface area (Å²) < 4.78 is 34.8. The van der Waals surface area contributed by atoms with E-state index < -0.39 is 10.0 Å². The molecule has 0 amide bonds. The molecule has 0 atom stereocenters. The van der Waals surface area contributed by atoms with Gasteiger partial charge in [0.2, 0.25) is 15.9 Å². The van der Waals surface area contributed by atoms with Crippen LogP contribution in [0.25, 0.3) is 11.5 Å². The van der Waals surface area contributed by atoms with Gasteiger partial charge in [-0.2, -0.15) is 4.31 Å². The van der Waals surface area contributed by atoms with E-state index in [4.69, 9.17) is 16.6 Å². The lowest BCUT2D eigenvalue weighted by Crippen LogP contribution is -2.48. The average molecular weight is 460 g/mol. The first-order chi connectivity index (χ1) is 14.8. The zero-order chi connectivity index (χ0) is 22.0. The maximum Gasteiger partial charge on any atom is 0.288 e. The summed E-state index contributed by atoms with van der Waals surface area (Å²) in [6.07, 6.45) is 3.35. The summed E-state index contributed by atoms with van der Waals surface area (Å²) in [7, 11) is -3.50. The highest BCUT2D eigenvalue weighted by molar-refractivity contribution is 7.89. The topological polar surface area (TPSA) is 84.5 Å². The predicted octanol–water partition coefficient (Wildman–Crippen LogP) is 3.35. The first-order valence-corrected chi connectivity index (χ1v) is 12.0. The molecule has 3 aromatic rings. The Bertz CT molecular complexity index is 1180. The van der Waals surface area contributed by atoms with E-state index in [1.54, 1.807) is 29.2 Å². The second-order valence-electron chi connectivity index (χ2n) is 7.80. The summed E-state index contributed by atoms with van der Waals surface area (Å²) >= 11 is 5.30. The van der Waals surface area contributed by atoms with Crippen LogP contribution in [0.1, 0.15) is 25.3 Å². The van der Waals surface area contributed by atoms with Crippen LogP contribution in [0, 0.1) is 4.84 Å². The zero-order valence-electron chi connectivity index (χ0n) is 17.5. The van der Waals surface area contributed by atoms with Crippen LogP contribution in [0.2, 0.25) is 0 Å². The summed E-state index contributed by atoms with van der Waals surface area (Å²) in [5, 5.41) is 4.44. The van der Waals surface area contributed by atoms with Gasteiger partial charge in [0, 0.05) is 38.6 Å². The molecule has 1 fully saturated rings. The fourth-order valence-corrected chi connectivity index (χ4v) is 5.08. The van der Waals surface area contributed by atoms with Crippen LogP contribution in [-0.4, -0.2) is 58.6 Å².